The van der Waals surface area contributed by atoms with E-state index in [4.69, 9.17) is 4.74 Å². The number of methoxy groups -OCH3 is 1. The van der Waals surface area contributed by atoms with E-state index in [0.29, 0.717) is 12.1 Å². The van der Waals surface area contributed by atoms with Crippen LogP contribution in [0.15, 0.2) is 35.7 Å². The molecule has 2 heterocycles. The zero-order chi connectivity index (χ0) is 18.8. The number of fused-ring (bicyclic) bond motifs is 1. The zero-order valence-corrected chi connectivity index (χ0v) is 16.1. The van der Waals surface area contributed by atoms with Gasteiger partial charge in [-0.05, 0) is 55.0 Å². The number of aromatic nitrogens is 1. The van der Waals surface area contributed by atoms with Crippen LogP contribution in [-0.2, 0) is 9.53 Å². The average Bonchev–Trinajstić information content (AvgIpc) is 3.20. The Labute approximate surface area is 156 Å². The van der Waals surface area contributed by atoms with Crippen molar-refractivity contribution in [3.63, 3.8) is 0 Å². The largest absolute Gasteiger partial charge is 0.464 e. The van der Waals surface area contributed by atoms with Crippen molar-refractivity contribution in [1.29, 1.82) is 0 Å². The Morgan fingerprint density at radius 3 is 2.69 bits per heavy atom. The van der Waals surface area contributed by atoms with Crippen LogP contribution in [0.5, 0.6) is 0 Å². The summed E-state index contributed by atoms with van der Waals surface area (Å²) >= 11 is 1.51. The van der Waals surface area contributed by atoms with E-state index in [0.717, 1.165) is 27.0 Å². The zero-order valence-electron chi connectivity index (χ0n) is 15.3. The molecule has 26 heavy (non-hydrogen) atoms. The number of carbonyl (C=O) groups is 2. The fraction of sp³-hybridized carbons (Fsp3) is 0.300. The number of hydrogen-bond donors (Lipinski definition) is 1. The lowest BCUT2D eigenvalue weighted by Gasteiger charge is -2.20. The van der Waals surface area contributed by atoms with Crippen molar-refractivity contribution in [2.45, 2.75) is 33.2 Å². The van der Waals surface area contributed by atoms with Gasteiger partial charge in [0, 0.05) is 11.1 Å². The minimum atomic E-state index is -0.500. The Morgan fingerprint density at radius 1 is 1.23 bits per heavy atom. The van der Waals surface area contributed by atoms with Crippen LogP contribution in [0, 0.1) is 13.8 Å². The third kappa shape index (κ3) is 3.24. The first-order valence-electron chi connectivity index (χ1n) is 8.51. The van der Waals surface area contributed by atoms with Crippen LogP contribution >= 0.6 is 11.3 Å². The molecule has 0 spiro atoms. The summed E-state index contributed by atoms with van der Waals surface area (Å²) in [6.45, 7) is 5.89. The number of hydrogen-bond acceptors (Lipinski definition) is 4. The number of rotatable bonds is 5. The van der Waals surface area contributed by atoms with Gasteiger partial charge in [-0.2, -0.15) is 0 Å². The topological polar surface area (TPSA) is 60.3 Å². The molecule has 6 heteroatoms. The highest BCUT2D eigenvalue weighted by molar-refractivity contribution is 7.16. The van der Waals surface area contributed by atoms with E-state index in [1.165, 1.54) is 18.4 Å². The van der Waals surface area contributed by atoms with Gasteiger partial charge in [0.15, 0.2) is 0 Å². The van der Waals surface area contributed by atoms with Crippen LogP contribution in [0.1, 0.15) is 41.0 Å². The predicted molar refractivity (Wildman–Crippen MR) is 105 cm³/mol. The molecule has 1 atom stereocenters. The van der Waals surface area contributed by atoms with Crippen molar-refractivity contribution in [3.8, 4) is 0 Å². The molecular weight excluding hydrogens is 348 g/mol. The number of nitrogens with one attached hydrogen (secondary N) is 1. The Hall–Kier alpha value is -2.60. The van der Waals surface area contributed by atoms with Gasteiger partial charge in [0.05, 0.1) is 7.11 Å². The van der Waals surface area contributed by atoms with E-state index in [9.17, 15) is 9.59 Å². The minimum Gasteiger partial charge on any atom is -0.464 e. The molecule has 0 saturated carbocycles. The maximum Gasteiger partial charge on any atom is 0.354 e. The number of nitrogens with zero attached hydrogens (tertiary/aromatic N) is 1. The van der Waals surface area contributed by atoms with Crippen molar-refractivity contribution in [2.24, 2.45) is 0 Å². The van der Waals surface area contributed by atoms with Crippen LogP contribution in [0.25, 0.3) is 10.2 Å². The lowest BCUT2D eigenvalue weighted by atomic mass is 10.1. The maximum absolute atomic E-state index is 13.1. The second kappa shape index (κ2) is 7.33. The Balaban J connectivity index is 2.02. The number of amides is 1. The molecule has 0 saturated heterocycles. The predicted octanol–water partition coefficient (Wildman–Crippen LogP) is 4.70. The molecule has 2 aromatic heterocycles. The first kappa shape index (κ1) is 18.2. The fourth-order valence-corrected chi connectivity index (χ4v) is 4.03. The second-order valence-electron chi connectivity index (χ2n) is 6.30. The van der Waals surface area contributed by atoms with Crippen molar-refractivity contribution < 1.29 is 14.3 Å². The Bertz CT molecular complexity index is 971. The third-order valence-electron chi connectivity index (χ3n) is 4.49. The minimum absolute atomic E-state index is 0.141. The summed E-state index contributed by atoms with van der Waals surface area (Å²) in [6.07, 6.45) is 0.558. The third-order valence-corrected chi connectivity index (χ3v) is 5.42. The maximum atomic E-state index is 13.1. The number of ether oxygens (including phenoxy) is 1. The first-order chi connectivity index (χ1) is 12.5. The van der Waals surface area contributed by atoms with Gasteiger partial charge in [0.2, 0.25) is 5.91 Å². The van der Waals surface area contributed by atoms with Gasteiger partial charge < -0.3 is 14.6 Å². The SMILES string of the molecule is CC[C@@H](C(=O)Nc1cc(C)ccc1C)n1c(C(=O)OC)cc2ccsc21. The molecule has 0 aliphatic rings. The number of esters is 1. The van der Waals surface area contributed by atoms with E-state index in [2.05, 4.69) is 5.32 Å². The lowest BCUT2D eigenvalue weighted by molar-refractivity contribution is -0.119. The molecule has 1 amide bonds. The quantitative estimate of drug-likeness (QED) is 0.663. The van der Waals surface area contributed by atoms with Crippen molar-refractivity contribution in [1.82, 2.24) is 4.57 Å². The molecule has 0 aliphatic carbocycles. The van der Waals surface area contributed by atoms with Gasteiger partial charge in [0.1, 0.15) is 16.6 Å². The van der Waals surface area contributed by atoms with Gasteiger partial charge in [-0.15, -0.1) is 11.3 Å². The Kier molecular flexibility index (Phi) is 5.13. The molecule has 3 rings (SSSR count). The number of anilines is 1. The molecule has 0 aliphatic heterocycles. The molecule has 0 bridgehead atoms. The second-order valence-corrected chi connectivity index (χ2v) is 7.20. The van der Waals surface area contributed by atoms with Crippen LogP contribution < -0.4 is 5.32 Å². The number of thiophene rings is 1. The van der Waals surface area contributed by atoms with Crippen LogP contribution in [0.2, 0.25) is 0 Å². The van der Waals surface area contributed by atoms with E-state index in [1.807, 2.05) is 50.4 Å². The molecule has 0 fully saturated rings. The van der Waals surface area contributed by atoms with Crippen LogP contribution in [0.3, 0.4) is 0 Å². The van der Waals surface area contributed by atoms with Gasteiger partial charge >= 0.3 is 5.97 Å². The van der Waals surface area contributed by atoms with Gasteiger partial charge in [-0.3, -0.25) is 4.79 Å². The smallest absolute Gasteiger partial charge is 0.354 e. The summed E-state index contributed by atoms with van der Waals surface area (Å²) in [5.74, 6) is -0.580. The highest BCUT2D eigenvalue weighted by atomic mass is 32.1. The summed E-state index contributed by atoms with van der Waals surface area (Å²) in [7, 11) is 1.35. The summed E-state index contributed by atoms with van der Waals surface area (Å²) in [5, 5.41) is 5.92. The lowest BCUT2D eigenvalue weighted by Crippen LogP contribution is -2.28. The summed E-state index contributed by atoms with van der Waals surface area (Å²) in [4.78, 5) is 26.2. The monoisotopic (exact) mass is 370 g/mol. The van der Waals surface area contributed by atoms with Crippen molar-refractivity contribution in [2.75, 3.05) is 12.4 Å². The fourth-order valence-electron chi connectivity index (χ4n) is 3.09. The van der Waals surface area contributed by atoms with E-state index in [-0.39, 0.29) is 5.91 Å². The number of carbonyl (C=O) groups excluding carboxylic acids is 2. The van der Waals surface area contributed by atoms with Gasteiger partial charge in [0.25, 0.3) is 0 Å². The molecule has 1 N–H and O–H groups in total. The number of aryl methyl sites for hydroxylation is 2. The van der Waals surface area contributed by atoms with Gasteiger partial charge in [-0.25, -0.2) is 4.79 Å². The molecule has 1 aromatic carbocycles. The van der Waals surface area contributed by atoms with Gasteiger partial charge in [-0.1, -0.05) is 19.1 Å². The summed E-state index contributed by atoms with van der Waals surface area (Å²) in [6, 6.07) is 9.18. The molecular formula is C20H22N2O3S. The standard InChI is InChI=1S/C20H22N2O3S/c1-5-16(18(23)21-15-10-12(2)6-7-13(15)3)22-17(20(24)25-4)11-14-8-9-26-19(14)22/h6-11,16H,5H2,1-4H3,(H,21,23)/t16-/m0/s1. The van der Waals surface area contributed by atoms with Crippen molar-refractivity contribution >= 4 is 39.1 Å². The van der Waals surface area contributed by atoms with Crippen LogP contribution in [0.4, 0.5) is 5.69 Å². The highest BCUT2D eigenvalue weighted by Gasteiger charge is 2.27. The molecule has 0 radical (unpaired) electrons. The highest BCUT2D eigenvalue weighted by Crippen LogP contribution is 2.31. The molecule has 136 valence electrons. The average molecular weight is 370 g/mol. The van der Waals surface area contributed by atoms with Crippen LogP contribution in [-0.4, -0.2) is 23.6 Å². The molecule has 3 aromatic rings. The molecule has 5 nitrogen and oxygen atoms in total. The van der Waals surface area contributed by atoms with E-state index in [1.54, 1.807) is 10.6 Å². The molecule has 0 unspecified atom stereocenters. The number of benzene rings is 1. The Morgan fingerprint density at radius 2 is 2.00 bits per heavy atom. The van der Waals surface area contributed by atoms with E-state index >= 15 is 0 Å². The van der Waals surface area contributed by atoms with Crippen molar-refractivity contribution in [3.05, 3.63) is 52.5 Å². The first-order valence-corrected chi connectivity index (χ1v) is 9.39. The summed E-state index contributed by atoms with van der Waals surface area (Å²) in [5.41, 5.74) is 3.27. The van der Waals surface area contributed by atoms with E-state index < -0.39 is 12.0 Å². The normalized spacial score (nSPS) is 12.2. The summed E-state index contributed by atoms with van der Waals surface area (Å²) < 4.78 is 6.71.